The number of aryl methyl sites for hydroxylation is 2. The zero-order chi connectivity index (χ0) is 27.5. The van der Waals surface area contributed by atoms with Crippen LogP contribution in [-0.4, -0.2) is 11.1 Å². The number of rotatable bonds is 6. The molecule has 0 unspecified atom stereocenters. The maximum absolute atomic E-state index is 14.0. The van der Waals surface area contributed by atoms with Crippen molar-refractivity contribution < 1.29 is 9.53 Å². The number of thioether (sulfide) groups is 1. The molecular formula is C35H28N2O2S. The molecule has 1 saturated heterocycles. The van der Waals surface area contributed by atoms with Gasteiger partial charge in [0.05, 0.1) is 16.3 Å². The summed E-state index contributed by atoms with van der Waals surface area (Å²) in [6, 6.07) is 38.3. The van der Waals surface area contributed by atoms with E-state index in [9.17, 15) is 4.79 Å². The lowest BCUT2D eigenvalue weighted by atomic mass is 10.0. The first-order valence-electron chi connectivity index (χ1n) is 13.2. The Morgan fingerprint density at radius 2 is 1.45 bits per heavy atom. The average Bonchev–Trinajstić information content (AvgIpc) is 3.28. The van der Waals surface area contributed by atoms with Gasteiger partial charge in [0.1, 0.15) is 12.4 Å². The highest BCUT2D eigenvalue weighted by Gasteiger charge is 2.35. The Balaban J connectivity index is 1.44. The van der Waals surface area contributed by atoms with E-state index in [2.05, 4.69) is 18.2 Å². The van der Waals surface area contributed by atoms with E-state index in [1.807, 2.05) is 117 Å². The number of amides is 1. The quantitative estimate of drug-likeness (QED) is 0.202. The molecule has 40 heavy (non-hydrogen) atoms. The first-order valence-corrected chi connectivity index (χ1v) is 14.0. The van der Waals surface area contributed by atoms with Crippen LogP contribution in [0.5, 0.6) is 5.75 Å². The van der Waals surface area contributed by atoms with Crippen LogP contribution in [-0.2, 0) is 11.4 Å². The minimum Gasteiger partial charge on any atom is -0.488 e. The zero-order valence-corrected chi connectivity index (χ0v) is 23.2. The van der Waals surface area contributed by atoms with Gasteiger partial charge < -0.3 is 4.74 Å². The van der Waals surface area contributed by atoms with Crippen LogP contribution in [0, 0.1) is 13.8 Å². The number of amidine groups is 1. The van der Waals surface area contributed by atoms with E-state index in [1.54, 1.807) is 4.90 Å². The predicted molar refractivity (Wildman–Crippen MR) is 167 cm³/mol. The summed E-state index contributed by atoms with van der Waals surface area (Å²) in [6.45, 7) is 4.52. The zero-order valence-electron chi connectivity index (χ0n) is 22.4. The molecule has 0 atom stereocenters. The Bertz CT molecular complexity index is 1740. The van der Waals surface area contributed by atoms with Gasteiger partial charge in [0, 0.05) is 5.56 Å². The lowest BCUT2D eigenvalue weighted by Gasteiger charge is -2.16. The molecule has 5 aromatic rings. The van der Waals surface area contributed by atoms with E-state index < -0.39 is 0 Å². The van der Waals surface area contributed by atoms with Crippen LogP contribution < -0.4 is 9.64 Å². The lowest BCUT2D eigenvalue weighted by molar-refractivity contribution is -0.113. The summed E-state index contributed by atoms with van der Waals surface area (Å²) < 4.78 is 6.33. The van der Waals surface area contributed by atoms with Crippen molar-refractivity contribution in [1.29, 1.82) is 0 Å². The third kappa shape index (κ3) is 5.42. The topological polar surface area (TPSA) is 41.9 Å². The molecule has 1 fully saturated rings. The van der Waals surface area contributed by atoms with Crippen molar-refractivity contribution in [2.45, 2.75) is 20.5 Å². The maximum Gasteiger partial charge on any atom is 0.271 e. The first-order chi connectivity index (χ1) is 19.5. The van der Waals surface area contributed by atoms with Crippen molar-refractivity contribution in [1.82, 2.24) is 0 Å². The van der Waals surface area contributed by atoms with Gasteiger partial charge in [-0.15, -0.1) is 0 Å². The molecule has 0 spiro atoms. The minimum atomic E-state index is -0.110. The summed E-state index contributed by atoms with van der Waals surface area (Å²) in [5.41, 5.74) is 5.84. The number of anilines is 1. The highest BCUT2D eigenvalue weighted by atomic mass is 32.2. The van der Waals surface area contributed by atoms with Gasteiger partial charge in [-0.05, 0) is 78.4 Å². The van der Waals surface area contributed by atoms with E-state index >= 15 is 0 Å². The van der Waals surface area contributed by atoms with Gasteiger partial charge >= 0.3 is 0 Å². The SMILES string of the molecule is Cc1ccc(N=C2S/C(=C/c3c(OCc4ccccc4)ccc4ccccc34)C(=O)N2c2ccc(C)cc2)cc1. The van der Waals surface area contributed by atoms with Gasteiger partial charge in [-0.2, -0.15) is 0 Å². The van der Waals surface area contributed by atoms with Crippen LogP contribution in [0.1, 0.15) is 22.3 Å². The molecular weight excluding hydrogens is 512 g/mol. The highest BCUT2D eigenvalue weighted by Crippen LogP contribution is 2.40. The van der Waals surface area contributed by atoms with Crippen molar-refractivity contribution in [3.63, 3.8) is 0 Å². The fourth-order valence-electron chi connectivity index (χ4n) is 4.62. The second-order valence-corrected chi connectivity index (χ2v) is 10.8. The Morgan fingerprint density at radius 3 is 2.20 bits per heavy atom. The molecule has 5 heteroatoms. The van der Waals surface area contributed by atoms with Gasteiger partial charge in [-0.3, -0.25) is 9.69 Å². The fourth-order valence-corrected chi connectivity index (χ4v) is 5.60. The standard InChI is InChI=1S/C35H28N2O2S/c1-24-12-17-28(18-13-24)36-35-37(29-19-14-25(2)15-20-29)34(38)33(40-35)22-31-30-11-7-6-10-27(30)16-21-32(31)39-23-26-8-4-3-5-9-26/h3-22H,23H2,1-2H3/b33-22+,36-35?. The number of fused-ring (bicyclic) bond motifs is 1. The first kappa shape index (κ1) is 25.7. The van der Waals surface area contributed by atoms with Crippen molar-refractivity contribution in [2.75, 3.05) is 4.90 Å². The molecule has 0 N–H and O–H groups in total. The van der Waals surface area contributed by atoms with Gasteiger partial charge in [0.25, 0.3) is 5.91 Å². The molecule has 0 bridgehead atoms. The smallest absolute Gasteiger partial charge is 0.271 e. The Hall–Kier alpha value is -4.61. The van der Waals surface area contributed by atoms with Gasteiger partial charge in [0.2, 0.25) is 0 Å². The largest absolute Gasteiger partial charge is 0.488 e. The highest BCUT2D eigenvalue weighted by molar-refractivity contribution is 8.19. The molecule has 196 valence electrons. The van der Waals surface area contributed by atoms with Crippen molar-refractivity contribution >= 4 is 51.1 Å². The van der Waals surface area contributed by atoms with Crippen LogP contribution >= 0.6 is 11.8 Å². The molecule has 1 aliphatic rings. The number of ether oxygens (including phenoxy) is 1. The monoisotopic (exact) mass is 540 g/mol. The normalized spacial score (nSPS) is 15.3. The molecule has 0 aliphatic carbocycles. The van der Waals surface area contributed by atoms with Gasteiger partial charge in [-0.25, -0.2) is 4.99 Å². The molecule has 0 aromatic heterocycles. The number of nitrogens with zero attached hydrogens (tertiary/aromatic N) is 2. The second kappa shape index (κ2) is 11.2. The number of carbonyl (C=O) groups excluding carboxylic acids is 1. The molecule has 4 nitrogen and oxygen atoms in total. The second-order valence-electron chi connectivity index (χ2n) is 9.79. The number of hydrogen-bond donors (Lipinski definition) is 0. The third-order valence-corrected chi connectivity index (χ3v) is 7.77. The van der Waals surface area contributed by atoms with E-state index in [-0.39, 0.29) is 5.91 Å². The van der Waals surface area contributed by atoms with Gasteiger partial charge in [-0.1, -0.05) is 96.1 Å². The number of benzene rings is 5. The third-order valence-electron chi connectivity index (χ3n) is 6.80. The summed E-state index contributed by atoms with van der Waals surface area (Å²) in [5.74, 6) is 0.621. The molecule has 1 aliphatic heterocycles. The summed E-state index contributed by atoms with van der Waals surface area (Å²) in [6.07, 6.45) is 1.95. The summed E-state index contributed by atoms with van der Waals surface area (Å²) in [7, 11) is 0. The molecule has 5 aromatic carbocycles. The van der Waals surface area contributed by atoms with Crippen LogP contribution in [0.25, 0.3) is 16.8 Å². The minimum absolute atomic E-state index is 0.110. The molecule has 0 saturated carbocycles. The molecule has 6 rings (SSSR count). The van der Waals surface area contributed by atoms with Crippen LogP contribution in [0.3, 0.4) is 0 Å². The number of aliphatic imine (C=N–C) groups is 1. The summed E-state index contributed by atoms with van der Waals surface area (Å²) in [5, 5.41) is 2.73. The Morgan fingerprint density at radius 1 is 0.775 bits per heavy atom. The van der Waals surface area contributed by atoms with Crippen LogP contribution in [0.2, 0.25) is 0 Å². The maximum atomic E-state index is 14.0. The van der Waals surface area contributed by atoms with E-state index in [0.717, 1.165) is 50.2 Å². The molecule has 1 heterocycles. The summed E-state index contributed by atoms with van der Waals surface area (Å²) in [4.78, 5) is 21.2. The Labute approximate surface area is 238 Å². The van der Waals surface area contributed by atoms with Crippen LogP contribution in [0.4, 0.5) is 11.4 Å². The van der Waals surface area contributed by atoms with E-state index in [1.165, 1.54) is 11.8 Å². The molecule has 1 amide bonds. The summed E-state index contributed by atoms with van der Waals surface area (Å²) >= 11 is 1.38. The lowest BCUT2D eigenvalue weighted by Crippen LogP contribution is -2.28. The Kier molecular flexibility index (Phi) is 7.21. The number of carbonyl (C=O) groups is 1. The van der Waals surface area contributed by atoms with Crippen LogP contribution in [0.15, 0.2) is 125 Å². The van der Waals surface area contributed by atoms with E-state index in [4.69, 9.17) is 9.73 Å². The van der Waals surface area contributed by atoms with Crippen molar-refractivity contribution in [2.24, 2.45) is 4.99 Å². The fraction of sp³-hybridized carbons (Fsp3) is 0.0857. The predicted octanol–water partition coefficient (Wildman–Crippen LogP) is 8.84. The molecule has 0 radical (unpaired) electrons. The van der Waals surface area contributed by atoms with Crippen molar-refractivity contribution in [3.8, 4) is 5.75 Å². The van der Waals surface area contributed by atoms with Gasteiger partial charge in [0.15, 0.2) is 5.17 Å². The van der Waals surface area contributed by atoms with E-state index in [0.29, 0.717) is 16.7 Å². The van der Waals surface area contributed by atoms with Crippen molar-refractivity contribution in [3.05, 3.63) is 142 Å². The average molecular weight is 541 g/mol. The number of hydrogen-bond acceptors (Lipinski definition) is 4.